The van der Waals surface area contributed by atoms with Gasteiger partial charge in [-0.2, -0.15) is 0 Å². The molecule has 3 heteroatoms. The number of rotatable bonds is 7. The van der Waals surface area contributed by atoms with Crippen molar-refractivity contribution in [2.75, 3.05) is 26.7 Å². The van der Waals surface area contributed by atoms with Gasteiger partial charge >= 0.3 is 0 Å². The summed E-state index contributed by atoms with van der Waals surface area (Å²) < 4.78 is 12.9. The Morgan fingerprint density at radius 1 is 1.29 bits per heavy atom. The number of hydrogen-bond donors (Lipinski definition) is 2. The van der Waals surface area contributed by atoms with Crippen LogP contribution >= 0.6 is 0 Å². The maximum absolute atomic E-state index is 12.9. The van der Waals surface area contributed by atoms with Crippen LogP contribution in [0.2, 0.25) is 0 Å². The van der Waals surface area contributed by atoms with E-state index < -0.39 is 0 Å². The lowest BCUT2D eigenvalue weighted by Crippen LogP contribution is -2.32. The van der Waals surface area contributed by atoms with Gasteiger partial charge in [0.05, 0.1) is 0 Å². The second-order valence-corrected chi connectivity index (χ2v) is 5.09. The van der Waals surface area contributed by atoms with E-state index in [1.165, 1.54) is 18.9 Å². The lowest BCUT2D eigenvalue weighted by atomic mass is 10.1. The highest BCUT2D eigenvalue weighted by Crippen LogP contribution is 2.44. The van der Waals surface area contributed by atoms with Crippen molar-refractivity contribution in [3.05, 3.63) is 35.6 Å². The SMILES string of the molecule is CNCC1(CNCCc2cccc(F)c2)CC1. The zero-order valence-electron chi connectivity index (χ0n) is 10.4. The topological polar surface area (TPSA) is 24.1 Å². The molecule has 1 aromatic rings. The van der Waals surface area contributed by atoms with E-state index in [9.17, 15) is 4.39 Å². The Labute approximate surface area is 103 Å². The third kappa shape index (κ3) is 3.79. The van der Waals surface area contributed by atoms with Gasteiger partial charge in [-0.15, -0.1) is 0 Å². The molecule has 0 unspecified atom stereocenters. The fraction of sp³-hybridized carbons (Fsp3) is 0.571. The zero-order valence-corrected chi connectivity index (χ0v) is 10.4. The Bertz CT molecular complexity index is 361. The van der Waals surface area contributed by atoms with Gasteiger partial charge in [-0.1, -0.05) is 12.1 Å². The molecule has 0 aromatic heterocycles. The highest BCUT2D eigenvalue weighted by Gasteiger charge is 2.41. The molecule has 2 rings (SSSR count). The van der Waals surface area contributed by atoms with Crippen LogP contribution in [0.15, 0.2) is 24.3 Å². The third-order valence-corrected chi connectivity index (χ3v) is 3.49. The van der Waals surface area contributed by atoms with E-state index in [4.69, 9.17) is 0 Å². The number of halogens is 1. The Morgan fingerprint density at radius 2 is 2.12 bits per heavy atom. The van der Waals surface area contributed by atoms with Gasteiger partial charge in [-0.25, -0.2) is 4.39 Å². The fourth-order valence-electron chi connectivity index (χ4n) is 2.25. The summed E-state index contributed by atoms with van der Waals surface area (Å²) in [6, 6.07) is 6.85. The lowest BCUT2D eigenvalue weighted by Gasteiger charge is -2.15. The largest absolute Gasteiger partial charge is 0.319 e. The summed E-state index contributed by atoms with van der Waals surface area (Å²) in [5, 5.41) is 6.73. The summed E-state index contributed by atoms with van der Waals surface area (Å²) in [7, 11) is 2.01. The van der Waals surface area contributed by atoms with Gasteiger partial charge in [0, 0.05) is 13.1 Å². The van der Waals surface area contributed by atoms with Gasteiger partial charge in [0.15, 0.2) is 0 Å². The van der Waals surface area contributed by atoms with Crippen LogP contribution in [0.4, 0.5) is 4.39 Å². The van der Waals surface area contributed by atoms with Gasteiger partial charge in [-0.3, -0.25) is 0 Å². The molecule has 17 heavy (non-hydrogen) atoms. The average Bonchev–Trinajstić information content (AvgIpc) is 3.06. The van der Waals surface area contributed by atoms with E-state index in [0.29, 0.717) is 5.41 Å². The molecule has 1 aromatic carbocycles. The summed E-state index contributed by atoms with van der Waals surface area (Å²) >= 11 is 0. The van der Waals surface area contributed by atoms with Crippen molar-refractivity contribution in [2.24, 2.45) is 5.41 Å². The summed E-state index contributed by atoms with van der Waals surface area (Å²) in [4.78, 5) is 0. The minimum absolute atomic E-state index is 0.142. The molecule has 1 aliphatic rings. The Hall–Kier alpha value is -0.930. The van der Waals surface area contributed by atoms with Crippen LogP contribution in [-0.2, 0) is 6.42 Å². The summed E-state index contributed by atoms with van der Waals surface area (Å²) in [6.45, 7) is 3.10. The molecule has 0 aliphatic heterocycles. The number of benzene rings is 1. The van der Waals surface area contributed by atoms with Crippen LogP contribution in [0.1, 0.15) is 18.4 Å². The van der Waals surface area contributed by atoms with Crippen LogP contribution in [0.25, 0.3) is 0 Å². The molecule has 1 saturated carbocycles. The molecule has 1 fully saturated rings. The monoisotopic (exact) mass is 236 g/mol. The molecule has 2 N–H and O–H groups in total. The van der Waals surface area contributed by atoms with Crippen molar-refractivity contribution in [3.8, 4) is 0 Å². The quantitative estimate of drug-likeness (QED) is 0.707. The first kappa shape index (κ1) is 12.5. The van der Waals surface area contributed by atoms with Crippen LogP contribution in [0.5, 0.6) is 0 Å². The minimum atomic E-state index is -0.142. The van der Waals surface area contributed by atoms with Crippen molar-refractivity contribution in [1.29, 1.82) is 0 Å². The number of nitrogens with one attached hydrogen (secondary N) is 2. The molecule has 94 valence electrons. The molecule has 0 radical (unpaired) electrons. The minimum Gasteiger partial charge on any atom is -0.319 e. The van der Waals surface area contributed by atoms with Crippen molar-refractivity contribution in [3.63, 3.8) is 0 Å². The van der Waals surface area contributed by atoms with Gasteiger partial charge in [0.2, 0.25) is 0 Å². The van der Waals surface area contributed by atoms with Crippen LogP contribution < -0.4 is 10.6 Å². The summed E-state index contributed by atoms with van der Waals surface area (Å²) in [6.07, 6.45) is 3.54. The van der Waals surface area contributed by atoms with E-state index in [0.717, 1.165) is 31.6 Å². The van der Waals surface area contributed by atoms with Crippen LogP contribution in [0, 0.1) is 11.2 Å². The molecule has 0 atom stereocenters. The first-order valence-corrected chi connectivity index (χ1v) is 6.34. The molecule has 0 saturated heterocycles. The first-order valence-electron chi connectivity index (χ1n) is 6.34. The highest BCUT2D eigenvalue weighted by atomic mass is 19.1. The zero-order chi connectivity index (χ0) is 12.1. The molecule has 0 bridgehead atoms. The van der Waals surface area contributed by atoms with Crippen molar-refractivity contribution in [1.82, 2.24) is 10.6 Å². The maximum atomic E-state index is 12.9. The van der Waals surface area contributed by atoms with E-state index in [-0.39, 0.29) is 5.82 Å². The first-order chi connectivity index (χ1) is 8.24. The molecule has 1 aliphatic carbocycles. The van der Waals surface area contributed by atoms with Crippen LogP contribution in [-0.4, -0.2) is 26.7 Å². The third-order valence-electron chi connectivity index (χ3n) is 3.49. The van der Waals surface area contributed by atoms with E-state index in [1.807, 2.05) is 13.1 Å². The Kier molecular flexibility index (Phi) is 4.13. The second-order valence-electron chi connectivity index (χ2n) is 5.09. The second kappa shape index (κ2) is 5.61. The summed E-state index contributed by atoms with van der Waals surface area (Å²) in [5.74, 6) is -0.142. The van der Waals surface area contributed by atoms with Gasteiger partial charge in [0.1, 0.15) is 5.82 Å². The van der Waals surface area contributed by atoms with Crippen molar-refractivity contribution < 1.29 is 4.39 Å². The summed E-state index contributed by atoms with van der Waals surface area (Å²) in [5.41, 5.74) is 1.56. The average molecular weight is 236 g/mol. The lowest BCUT2D eigenvalue weighted by molar-refractivity contribution is 0.441. The maximum Gasteiger partial charge on any atom is 0.123 e. The molecule has 0 spiro atoms. The Morgan fingerprint density at radius 3 is 2.76 bits per heavy atom. The van der Waals surface area contributed by atoms with Crippen molar-refractivity contribution >= 4 is 0 Å². The van der Waals surface area contributed by atoms with E-state index >= 15 is 0 Å². The fourth-order valence-corrected chi connectivity index (χ4v) is 2.25. The van der Waals surface area contributed by atoms with E-state index in [1.54, 1.807) is 12.1 Å². The molecular formula is C14H21FN2. The normalized spacial score (nSPS) is 17.1. The van der Waals surface area contributed by atoms with Crippen molar-refractivity contribution in [2.45, 2.75) is 19.3 Å². The van der Waals surface area contributed by atoms with E-state index in [2.05, 4.69) is 10.6 Å². The molecule has 2 nitrogen and oxygen atoms in total. The van der Waals surface area contributed by atoms with Gasteiger partial charge in [0.25, 0.3) is 0 Å². The van der Waals surface area contributed by atoms with Gasteiger partial charge < -0.3 is 10.6 Å². The van der Waals surface area contributed by atoms with Gasteiger partial charge in [-0.05, 0) is 56.0 Å². The highest BCUT2D eigenvalue weighted by molar-refractivity contribution is 5.16. The Balaban J connectivity index is 1.66. The predicted octanol–water partition coefficient (Wildman–Crippen LogP) is 1.96. The molecule has 0 heterocycles. The van der Waals surface area contributed by atoms with Crippen LogP contribution in [0.3, 0.4) is 0 Å². The number of hydrogen-bond acceptors (Lipinski definition) is 2. The smallest absolute Gasteiger partial charge is 0.123 e. The predicted molar refractivity (Wildman–Crippen MR) is 68.6 cm³/mol. The standard InChI is InChI=1S/C14H21FN2/c1-16-10-14(6-7-14)11-17-8-5-12-3-2-4-13(15)9-12/h2-4,9,16-17H,5-8,10-11H2,1H3. The molecule has 0 amide bonds. The molecular weight excluding hydrogens is 215 g/mol.